The van der Waals surface area contributed by atoms with Crippen molar-refractivity contribution in [2.24, 2.45) is 5.41 Å². The van der Waals surface area contributed by atoms with Crippen molar-refractivity contribution in [3.63, 3.8) is 0 Å². The third-order valence-corrected chi connectivity index (χ3v) is 4.80. The van der Waals surface area contributed by atoms with Crippen LogP contribution in [0, 0.1) is 5.41 Å². The van der Waals surface area contributed by atoms with Gasteiger partial charge in [-0.05, 0) is 12.8 Å². The number of rotatable bonds is 2. The van der Waals surface area contributed by atoms with E-state index >= 15 is 0 Å². The molecule has 3 nitrogen and oxygen atoms in total. The van der Waals surface area contributed by atoms with Gasteiger partial charge in [0.2, 0.25) is 0 Å². The first-order chi connectivity index (χ1) is 6.26. The molecule has 0 aromatic rings. The lowest BCUT2D eigenvalue weighted by atomic mass is 10.0. The van der Waals surface area contributed by atoms with Crippen molar-refractivity contribution in [2.75, 3.05) is 0 Å². The van der Waals surface area contributed by atoms with E-state index in [9.17, 15) is 0 Å². The third kappa shape index (κ3) is 2.38. The predicted molar refractivity (Wildman–Crippen MR) is 57.7 cm³/mol. The first-order valence-corrected chi connectivity index (χ1v) is 5.39. The average Bonchev–Trinajstić information content (AvgIpc) is 2.47. The lowest BCUT2D eigenvalue weighted by Gasteiger charge is -2.10. The molecule has 0 aliphatic heterocycles. The summed E-state index contributed by atoms with van der Waals surface area (Å²) in [6, 6.07) is 0. The van der Waals surface area contributed by atoms with Crippen LogP contribution >= 0.6 is 34.8 Å². The van der Waals surface area contributed by atoms with Crippen molar-refractivity contribution in [3.05, 3.63) is 0 Å². The number of carboxylic acid groups (broad SMARTS) is 2. The summed E-state index contributed by atoms with van der Waals surface area (Å²) >= 11 is 17.8. The van der Waals surface area contributed by atoms with Crippen LogP contribution in [-0.4, -0.2) is 26.1 Å². The zero-order chi connectivity index (χ0) is 11.6. The Labute approximate surface area is 98.0 Å². The summed E-state index contributed by atoms with van der Waals surface area (Å²) in [5, 5.41) is 13.9. The summed E-state index contributed by atoms with van der Waals surface area (Å²) in [5.74, 6) is 0. The van der Waals surface area contributed by atoms with Crippen LogP contribution in [0.2, 0.25) is 0 Å². The fraction of sp³-hybridized carbons (Fsp3) is 0.875. The molecule has 1 unspecified atom stereocenters. The largest absolute Gasteiger partial charge is 0.503 e. The van der Waals surface area contributed by atoms with Crippen molar-refractivity contribution >= 4 is 41.0 Å². The van der Waals surface area contributed by atoms with Crippen molar-refractivity contribution in [1.29, 1.82) is 0 Å². The molecule has 0 aromatic heterocycles. The Morgan fingerprint density at radius 3 is 1.50 bits per heavy atom. The topological polar surface area (TPSA) is 57.5 Å². The molecule has 1 aliphatic carbocycles. The van der Waals surface area contributed by atoms with Gasteiger partial charge in [-0.25, -0.2) is 4.79 Å². The summed E-state index contributed by atoms with van der Waals surface area (Å²) < 4.78 is -0.669. The first-order valence-electron chi connectivity index (χ1n) is 4.20. The van der Waals surface area contributed by atoms with Gasteiger partial charge in [-0.2, -0.15) is 0 Å². The fourth-order valence-corrected chi connectivity index (χ4v) is 3.35. The quantitative estimate of drug-likeness (QED) is 0.745. The Morgan fingerprint density at radius 1 is 1.29 bits per heavy atom. The molecule has 0 heterocycles. The number of carbonyl (C=O) groups is 1. The van der Waals surface area contributed by atoms with Gasteiger partial charge in [-0.3, -0.25) is 0 Å². The highest BCUT2D eigenvalue weighted by Crippen LogP contribution is 2.70. The molecule has 14 heavy (non-hydrogen) atoms. The molecule has 6 heteroatoms. The summed E-state index contributed by atoms with van der Waals surface area (Å²) in [6.45, 7) is 4.15. The molecular formula is C8H13Cl3O3. The van der Waals surface area contributed by atoms with Crippen LogP contribution in [0.3, 0.4) is 0 Å². The van der Waals surface area contributed by atoms with Gasteiger partial charge in [0.05, 0.1) is 5.38 Å². The minimum atomic E-state index is -1.83. The molecule has 0 amide bonds. The van der Waals surface area contributed by atoms with Gasteiger partial charge in [0.15, 0.2) is 0 Å². The minimum Gasteiger partial charge on any atom is -0.450 e. The van der Waals surface area contributed by atoms with E-state index < -0.39 is 10.5 Å². The normalized spacial score (nSPS) is 25.9. The van der Waals surface area contributed by atoms with E-state index in [2.05, 4.69) is 13.8 Å². The van der Waals surface area contributed by atoms with Gasteiger partial charge < -0.3 is 10.2 Å². The zero-order valence-corrected chi connectivity index (χ0v) is 10.2. The van der Waals surface area contributed by atoms with E-state index in [1.165, 1.54) is 0 Å². The van der Waals surface area contributed by atoms with Gasteiger partial charge >= 0.3 is 6.16 Å². The van der Waals surface area contributed by atoms with Crippen molar-refractivity contribution in [2.45, 2.75) is 36.4 Å². The highest BCUT2D eigenvalue weighted by Gasteiger charge is 2.73. The lowest BCUT2D eigenvalue weighted by molar-refractivity contribution is 0.137. The maximum absolute atomic E-state index is 8.56. The maximum atomic E-state index is 8.56. The molecule has 84 valence electrons. The molecule has 0 spiro atoms. The van der Waals surface area contributed by atoms with Crippen molar-refractivity contribution in [1.82, 2.24) is 0 Å². The molecular weight excluding hydrogens is 250 g/mol. The van der Waals surface area contributed by atoms with E-state index in [-0.39, 0.29) is 10.8 Å². The third-order valence-electron chi connectivity index (χ3n) is 2.65. The second-order valence-electron chi connectivity index (χ2n) is 3.13. The summed E-state index contributed by atoms with van der Waals surface area (Å²) in [6.07, 6.45) is 0.0926. The van der Waals surface area contributed by atoms with Crippen LogP contribution in [0.1, 0.15) is 26.7 Å². The highest BCUT2D eigenvalue weighted by molar-refractivity contribution is 6.57. The van der Waals surface area contributed by atoms with E-state index in [0.717, 1.165) is 12.8 Å². The second kappa shape index (κ2) is 4.77. The van der Waals surface area contributed by atoms with Crippen LogP contribution in [0.15, 0.2) is 0 Å². The van der Waals surface area contributed by atoms with Gasteiger partial charge in [-0.15, -0.1) is 11.6 Å². The number of hydrogen-bond donors (Lipinski definition) is 2. The average molecular weight is 264 g/mol. The molecule has 1 saturated carbocycles. The van der Waals surface area contributed by atoms with Gasteiger partial charge in [0.1, 0.15) is 4.33 Å². The Bertz CT molecular complexity index is 210. The van der Waals surface area contributed by atoms with Crippen LogP contribution in [-0.2, 0) is 0 Å². The van der Waals surface area contributed by atoms with Gasteiger partial charge in [-0.1, -0.05) is 37.0 Å². The fourth-order valence-electron chi connectivity index (χ4n) is 1.54. The summed E-state index contributed by atoms with van der Waals surface area (Å²) in [7, 11) is 0. The predicted octanol–water partition coefficient (Wildman–Crippen LogP) is 3.81. The van der Waals surface area contributed by atoms with E-state index in [1.807, 2.05) is 0 Å². The smallest absolute Gasteiger partial charge is 0.450 e. The molecule has 1 rings (SSSR count). The van der Waals surface area contributed by atoms with Crippen LogP contribution in [0.25, 0.3) is 0 Å². The van der Waals surface area contributed by atoms with Gasteiger partial charge in [0, 0.05) is 5.41 Å². The monoisotopic (exact) mass is 262 g/mol. The molecule has 0 bridgehead atoms. The second-order valence-corrected chi connectivity index (χ2v) is 4.95. The molecule has 0 aromatic carbocycles. The SMILES string of the molecule is CCC1(CC)C(Cl)C1(Cl)Cl.O=C(O)O. The molecule has 2 N–H and O–H groups in total. The van der Waals surface area contributed by atoms with Crippen molar-refractivity contribution in [3.8, 4) is 0 Å². The minimum absolute atomic E-state index is 0.0162. The Kier molecular flexibility index (Phi) is 4.82. The van der Waals surface area contributed by atoms with Crippen molar-refractivity contribution < 1.29 is 15.0 Å². The van der Waals surface area contributed by atoms with E-state index in [1.54, 1.807) is 0 Å². The summed E-state index contributed by atoms with van der Waals surface area (Å²) in [5.41, 5.74) is -0.0162. The molecule has 0 radical (unpaired) electrons. The maximum Gasteiger partial charge on any atom is 0.503 e. The first kappa shape index (κ1) is 14.1. The van der Waals surface area contributed by atoms with E-state index in [0.29, 0.717) is 0 Å². The summed E-state index contributed by atoms with van der Waals surface area (Å²) in [4.78, 5) is 8.56. The highest BCUT2D eigenvalue weighted by atomic mass is 35.5. The molecule has 0 saturated heterocycles. The number of halogens is 3. The molecule has 1 atom stereocenters. The molecule has 1 aliphatic rings. The Morgan fingerprint density at radius 2 is 1.50 bits per heavy atom. The zero-order valence-electron chi connectivity index (χ0n) is 7.93. The lowest BCUT2D eigenvalue weighted by Crippen LogP contribution is -2.06. The van der Waals surface area contributed by atoms with Gasteiger partial charge in [0.25, 0.3) is 0 Å². The molecule has 1 fully saturated rings. The number of hydrogen-bond acceptors (Lipinski definition) is 1. The number of alkyl halides is 3. The Hall–Kier alpha value is 0.140. The van der Waals surface area contributed by atoms with Crippen LogP contribution in [0.5, 0.6) is 0 Å². The van der Waals surface area contributed by atoms with Crippen LogP contribution in [0.4, 0.5) is 4.79 Å². The Balaban J connectivity index is 0.000000364. The van der Waals surface area contributed by atoms with Crippen LogP contribution < -0.4 is 0 Å². The van der Waals surface area contributed by atoms with E-state index in [4.69, 9.17) is 49.8 Å². The standard InChI is InChI=1S/C7H11Cl3.CH2O3/c1-3-6(4-2)5(8)7(6,9)10;2-1(3)4/h5H,3-4H2,1-2H3;(H2,2,3,4).